The van der Waals surface area contributed by atoms with Crippen LogP contribution in [-0.2, 0) is 32.7 Å². The van der Waals surface area contributed by atoms with Crippen LogP contribution in [0.3, 0.4) is 0 Å². The first-order chi connectivity index (χ1) is 21.9. The molecule has 1 unspecified atom stereocenters. The van der Waals surface area contributed by atoms with Crippen LogP contribution in [0.1, 0.15) is 174 Å². The molecule has 0 aromatic carbocycles. The van der Waals surface area contributed by atoms with Crippen LogP contribution in [0.4, 0.5) is 0 Å². The molecule has 10 heteroatoms. The molecule has 0 radical (unpaired) electrons. The summed E-state index contributed by atoms with van der Waals surface area (Å²) >= 11 is 0. The Morgan fingerprint density at radius 2 is 1.16 bits per heavy atom. The van der Waals surface area contributed by atoms with Gasteiger partial charge in [0.05, 0.1) is 13.2 Å². The molecule has 0 bridgehead atoms. The highest BCUT2D eigenvalue weighted by molar-refractivity contribution is 7.45. The van der Waals surface area contributed by atoms with E-state index in [2.05, 4.69) is 11.4 Å². The fourth-order valence-corrected chi connectivity index (χ4v) is 6.20. The van der Waals surface area contributed by atoms with Gasteiger partial charge in [-0.05, 0) is 18.8 Å². The third-order valence-electron chi connectivity index (χ3n) is 8.44. The smallest absolute Gasteiger partial charge is 0.306 e. The van der Waals surface area contributed by atoms with Crippen molar-refractivity contribution in [2.45, 2.75) is 180 Å². The van der Waals surface area contributed by atoms with Crippen LogP contribution in [0.25, 0.3) is 0 Å². The van der Waals surface area contributed by atoms with E-state index in [-0.39, 0.29) is 32.6 Å². The summed E-state index contributed by atoms with van der Waals surface area (Å²) in [6, 6.07) is 0. The number of nitrogens with two attached hydrogens (primary N) is 1. The Morgan fingerprint density at radius 1 is 0.689 bits per heavy atom. The van der Waals surface area contributed by atoms with E-state index >= 15 is 0 Å². The number of phosphoric ester groups is 1. The lowest BCUT2D eigenvalue weighted by molar-refractivity contribution is -0.228. The predicted molar refractivity (Wildman–Crippen MR) is 179 cm³/mol. The topological polar surface area (TPSA) is 137 Å². The van der Waals surface area contributed by atoms with E-state index in [1.807, 2.05) is 0 Å². The lowest BCUT2D eigenvalue weighted by atomic mass is 10.0. The Bertz CT molecular complexity index is 764. The third kappa shape index (κ3) is 28.9. The van der Waals surface area contributed by atoms with E-state index in [0.29, 0.717) is 6.42 Å². The molecule has 0 amide bonds. The second-order valence-corrected chi connectivity index (χ2v) is 14.4. The highest BCUT2D eigenvalue weighted by atomic mass is 31.2. The first-order valence-corrected chi connectivity index (χ1v) is 20.0. The van der Waals surface area contributed by atoms with Crippen LogP contribution < -0.4 is 10.6 Å². The molecule has 1 aliphatic rings. The van der Waals surface area contributed by atoms with Crippen molar-refractivity contribution in [2.24, 2.45) is 11.7 Å². The molecule has 2 atom stereocenters. The quantitative estimate of drug-likeness (QED) is 0.0408. The fourth-order valence-electron chi connectivity index (χ4n) is 5.45. The molecule has 0 spiro atoms. The number of esters is 2. The van der Waals surface area contributed by atoms with Gasteiger partial charge in [0.15, 0.2) is 6.10 Å². The third-order valence-corrected chi connectivity index (χ3v) is 9.40. The van der Waals surface area contributed by atoms with Crippen molar-refractivity contribution in [3.8, 4) is 0 Å². The highest BCUT2D eigenvalue weighted by Crippen LogP contribution is 2.38. The summed E-state index contributed by atoms with van der Waals surface area (Å²) in [5.41, 5.74) is 5.30. The number of ether oxygens (including phenoxy) is 2. The lowest BCUT2D eigenvalue weighted by Crippen LogP contribution is -2.30. The summed E-state index contributed by atoms with van der Waals surface area (Å²) in [7, 11) is -4.61. The van der Waals surface area contributed by atoms with Gasteiger partial charge in [0.2, 0.25) is 0 Å². The zero-order valence-electron chi connectivity index (χ0n) is 28.7. The van der Waals surface area contributed by atoms with E-state index in [0.717, 1.165) is 38.0 Å². The van der Waals surface area contributed by atoms with Crippen LogP contribution in [0, 0.1) is 5.92 Å². The number of rotatable bonds is 34. The van der Waals surface area contributed by atoms with E-state index in [9.17, 15) is 19.0 Å². The number of hydrogen-bond donors (Lipinski definition) is 1. The second-order valence-electron chi connectivity index (χ2n) is 13.0. The number of hydrogen-bond acceptors (Lipinski definition) is 9. The zero-order chi connectivity index (χ0) is 32.9. The first kappa shape index (κ1) is 42.0. The van der Waals surface area contributed by atoms with E-state index in [1.165, 1.54) is 116 Å². The maximum absolute atomic E-state index is 12.5. The van der Waals surface area contributed by atoms with Gasteiger partial charge in [-0.1, -0.05) is 148 Å². The minimum Gasteiger partial charge on any atom is -0.756 e. The van der Waals surface area contributed by atoms with E-state index < -0.39 is 32.5 Å². The van der Waals surface area contributed by atoms with Crippen molar-refractivity contribution in [3.63, 3.8) is 0 Å². The Balaban J connectivity index is 2.19. The van der Waals surface area contributed by atoms with Gasteiger partial charge in [0.1, 0.15) is 6.61 Å². The summed E-state index contributed by atoms with van der Waals surface area (Å²) in [6.07, 6.45) is 28.7. The van der Waals surface area contributed by atoms with Crippen molar-refractivity contribution >= 4 is 19.8 Å². The molecule has 9 nitrogen and oxygen atoms in total. The SMILES string of the molecule is CCCCCCCCCCCCCCC(=O)O[C@@H](COC(=O)CCCCCCCCCCCC1CC1)COP(=O)([O-])OCCN. The van der Waals surface area contributed by atoms with Gasteiger partial charge in [-0.3, -0.25) is 14.2 Å². The summed E-state index contributed by atoms with van der Waals surface area (Å²) in [4.78, 5) is 36.7. The molecule has 2 N–H and O–H groups in total. The van der Waals surface area contributed by atoms with Gasteiger partial charge in [0.25, 0.3) is 7.82 Å². The normalized spacial score (nSPS) is 15.1. The molecule has 0 saturated heterocycles. The number of unbranched alkanes of at least 4 members (excludes halogenated alkanes) is 19. The van der Waals surface area contributed by atoms with Crippen molar-refractivity contribution in [1.29, 1.82) is 0 Å². The molecule has 266 valence electrons. The first-order valence-electron chi connectivity index (χ1n) is 18.5. The predicted octanol–water partition coefficient (Wildman–Crippen LogP) is 8.69. The molecule has 1 aliphatic carbocycles. The number of phosphoric acid groups is 1. The Labute approximate surface area is 275 Å². The van der Waals surface area contributed by atoms with Crippen LogP contribution in [0.15, 0.2) is 0 Å². The summed E-state index contributed by atoms with van der Waals surface area (Å²) < 4.78 is 32.2. The van der Waals surface area contributed by atoms with Gasteiger partial charge in [-0.15, -0.1) is 0 Å². The number of carbonyl (C=O) groups is 2. The summed E-state index contributed by atoms with van der Waals surface area (Å²) in [6.45, 7) is 1.30. The minimum atomic E-state index is -4.61. The Hall–Kier alpha value is -0.990. The molecular weight excluding hydrogens is 593 g/mol. The fraction of sp³-hybridized carbons (Fsp3) is 0.943. The Kier molecular flexibility index (Phi) is 27.2. The highest BCUT2D eigenvalue weighted by Gasteiger charge is 2.21. The molecule has 1 rings (SSSR count). The van der Waals surface area contributed by atoms with Crippen LogP contribution in [-0.4, -0.2) is 44.4 Å². The maximum Gasteiger partial charge on any atom is 0.306 e. The minimum absolute atomic E-state index is 0.0189. The van der Waals surface area contributed by atoms with Crippen molar-refractivity contribution in [1.82, 2.24) is 0 Å². The second kappa shape index (κ2) is 29.2. The number of carbonyl (C=O) groups excluding carboxylic acids is 2. The molecular formula is C35H67NO8P-. The van der Waals surface area contributed by atoms with Crippen molar-refractivity contribution < 1.29 is 37.6 Å². The standard InChI is InChI=1S/C35H68NO8P/c1-2-3-4-5-6-7-8-9-12-16-19-22-25-35(38)44-33(31-43-45(39,40)42-29-28-36)30-41-34(37)24-21-18-15-13-10-11-14-17-20-23-32-26-27-32/h32-33H,2-31,36H2,1H3,(H,39,40)/p-1/t33-/m0/s1. The van der Waals surface area contributed by atoms with Gasteiger partial charge in [0, 0.05) is 19.4 Å². The summed E-state index contributed by atoms with van der Waals surface area (Å²) in [5, 5.41) is 0. The average Bonchev–Trinajstić information content (AvgIpc) is 3.85. The average molecular weight is 661 g/mol. The maximum atomic E-state index is 12.5. The van der Waals surface area contributed by atoms with Gasteiger partial charge < -0.3 is 29.1 Å². The molecule has 45 heavy (non-hydrogen) atoms. The van der Waals surface area contributed by atoms with Crippen LogP contribution in [0.2, 0.25) is 0 Å². The van der Waals surface area contributed by atoms with Crippen molar-refractivity contribution in [3.05, 3.63) is 0 Å². The molecule has 0 aromatic heterocycles. The summed E-state index contributed by atoms with van der Waals surface area (Å²) in [5.74, 6) is 0.188. The largest absolute Gasteiger partial charge is 0.756 e. The molecule has 1 saturated carbocycles. The van der Waals surface area contributed by atoms with Crippen LogP contribution in [0.5, 0.6) is 0 Å². The van der Waals surface area contributed by atoms with Gasteiger partial charge in [-0.25, -0.2) is 0 Å². The van der Waals surface area contributed by atoms with Crippen molar-refractivity contribution in [2.75, 3.05) is 26.4 Å². The van der Waals surface area contributed by atoms with E-state index in [4.69, 9.17) is 19.7 Å². The van der Waals surface area contributed by atoms with E-state index in [1.54, 1.807) is 0 Å². The monoisotopic (exact) mass is 660 g/mol. The zero-order valence-corrected chi connectivity index (χ0v) is 29.6. The van der Waals surface area contributed by atoms with Gasteiger partial charge >= 0.3 is 11.9 Å². The molecule has 1 fully saturated rings. The Morgan fingerprint density at radius 3 is 1.64 bits per heavy atom. The van der Waals surface area contributed by atoms with Crippen LogP contribution >= 0.6 is 7.82 Å². The molecule has 0 aromatic rings. The molecule has 0 aliphatic heterocycles. The molecule has 0 heterocycles. The lowest BCUT2D eigenvalue weighted by Gasteiger charge is -2.25. The van der Waals surface area contributed by atoms with Gasteiger partial charge in [-0.2, -0.15) is 0 Å².